The lowest BCUT2D eigenvalue weighted by Crippen LogP contribution is -2.22. The molecule has 0 spiro atoms. The number of hydrogen-bond donors (Lipinski definition) is 2. The van der Waals surface area contributed by atoms with Gasteiger partial charge in [-0.15, -0.1) is 0 Å². The van der Waals surface area contributed by atoms with Crippen LogP contribution in [0.25, 0.3) is 10.9 Å². The number of carbonyl (C=O) groups excluding carboxylic acids is 2. The van der Waals surface area contributed by atoms with Crippen molar-refractivity contribution in [3.05, 3.63) is 35.5 Å². The van der Waals surface area contributed by atoms with Crippen molar-refractivity contribution in [2.24, 2.45) is 0 Å². The molecule has 4 heteroatoms. The number of H-pyrrole nitrogens is 1. The zero-order chi connectivity index (χ0) is 13.1. The SMILES string of the molecule is CC(=O)NCCc1c(C(C)=O)[nH]c2ccccc12. The van der Waals surface area contributed by atoms with Crippen LogP contribution in [0.15, 0.2) is 24.3 Å². The van der Waals surface area contributed by atoms with Crippen molar-refractivity contribution in [1.82, 2.24) is 10.3 Å². The van der Waals surface area contributed by atoms with Gasteiger partial charge in [0.15, 0.2) is 5.78 Å². The molecule has 2 N–H and O–H groups in total. The van der Waals surface area contributed by atoms with Crippen molar-refractivity contribution in [3.63, 3.8) is 0 Å². The minimum Gasteiger partial charge on any atom is -0.356 e. The number of hydrogen-bond acceptors (Lipinski definition) is 2. The molecule has 0 radical (unpaired) electrons. The van der Waals surface area contributed by atoms with E-state index in [1.165, 1.54) is 6.92 Å². The average molecular weight is 244 g/mol. The third kappa shape index (κ3) is 2.42. The summed E-state index contributed by atoms with van der Waals surface area (Å²) in [4.78, 5) is 25.6. The molecular weight excluding hydrogens is 228 g/mol. The third-order valence-corrected chi connectivity index (χ3v) is 2.91. The van der Waals surface area contributed by atoms with E-state index in [9.17, 15) is 9.59 Å². The summed E-state index contributed by atoms with van der Waals surface area (Å²) in [5.41, 5.74) is 2.58. The molecule has 0 unspecified atom stereocenters. The van der Waals surface area contributed by atoms with Crippen LogP contribution in [-0.2, 0) is 11.2 Å². The molecule has 18 heavy (non-hydrogen) atoms. The van der Waals surface area contributed by atoms with Crippen LogP contribution in [0.5, 0.6) is 0 Å². The summed E-state index contributed by atoms with van der Waals surface area (Å²) in [5, 5.41) is 3.80. The Hall–Kier alpha value is -2.10. The average Bonchev–Trinajstić information content (AvgIpc) is 2.68. The maximum atomic E-state index is 11.6. The first-order valence-electron chi connectivity index (χ1n) is 5.94. The molecule has 0 saturated heterocycles. The van der Waals surface area contributed by atoms with E-state index in [0.29, 0.717) is 18.7 Å². The van der Waals surface area contributed by atoms with Crippen LogP contribution in [0.1, 0.15) is 29.9 Å². The Kier molecular flexibility index (Phi) is 3.46. The quantitative estimate of drug-likeness (QED) is 0.808. The summed E-state index contributed by atoms with van der Waals surface area (Å²) < 4.78 is 0. The molecule has 94 valence electrons. The van der Waals surface area contributed by atoms with E-state index in [1.807, 2.05) is 24.3 Å². The van der Waals surface area contributed by atoms with Gasteiger partial charge in [-0.2, -0.15) is 0 Å². The van der Waals surface area contributed by atoms with Crippen LogP contribution >= 0.6 is 0 Å². The maximum Gasteiger partial charge on any atom is 0.216 e. The van der Waals surface area contributed by atoms with Crippen molar-refractivity contribution in [2.75, 3.05) is 6.54 Å². The van der Waals surface area contributed by atoms with Gasteiger partial charge in [-0.1, -0.05) is 18.2 Å². The molecule has 1 aromatic heterocycles. The number of Topliss-reactive ketones (excluding diaryl/α,β-unsaturated/α-hetero) is 1. The molecule has 0 atom stereocenters. The minimum absolute atomic E-state index is 0.0176. The Morgan fingerprint density at radius 2 is 1.94 bits per heavy atom. The highest BCUT2D eigenvalue weighted by atomic mass is 16.1. The van der Waals surface area contributed by atoms with Crippen molar-refractivity contribution in [1.29, 1.82) is 0 Å². The molecule has 0 fully saturated rings. The molecule has 1 heterocycles. The molecular formula is C14H16N2O2. The Labute approximate surface area is 105 Å². The number of ketones is 1. The third-order valence-electron chi connectivity index (χ3n) is 2.91. The van der Waals surface area contributed by atoms with Crippen LogP contribution in [0.3, 0.4) is 0 Å². The minimum atomic E-state index is -0.0563. The summed E-state index contributed by atoms with van der Waals surface area (Å²) >= 11 is 0. The number of aromatic nitrogens is 1. The topological polar surface area (TPSA) is 62.0 Å². The second-order valence-corrected chi connectivity index (χ2v) is 4.31. The maximum absolute atomic E-state index is 11.6. The van der Waals surface area contributed by atoms with Gasteiger partial charge in [0, 0.05) is 31.3 Å². The molecule has 1 aromatic carbocycles. The first kappa shape index (κ1) is 12.4. The van der Waals surface area contributed by atoms with Gasteiger partial charge in [-0.3, -0.25) is 9.59 Å². The molecule has 0 aliphatic heterocycles. The van der Waals surface area contributed by atoms with E-state index in [2.05, 4.69) is 10.3 Å². The van der Waals surface area contributed by atoms with E-state index < -0.39 is 0 Å². The first-order chi connectivity index (χ1) is 8.59. The summed E-state index contributed by atoms with van der Waals surface area (Å²) in [6.45, 7) is 3.57. The van der Waals surface area contributed by atoms with Crippen LogP contribution < -0.4 is 5.32 Å². The van der Waals surface area contributed by atoms with E-state index in [1.54, 1.807) is 6.92 Å². The highest BCUT2D eigenvalue weighted by molar-refractivity contribution is 6.01. The predicted octanol–water partition coefficient (Wildman–Crippen LogP) is 2.05. The lowest BCUT2D eigenvalue weighted by molar-refractivity contribution is -0.118. The van der Waals surface area contributed by atoms with E-state index in [-0.39, 0.29) is 11.7 Å². The van der Waals surface area contributed by atoms with Crippen LogP contribution in [0.2, 0.25) is 0 Å². The molecule has 2 rings (SSSR count). The van der Waals surface area contributed by atoms with Crippen molar-refractivity contribution < 1.29 is 9.59 Å². The summed E-state index contributed by atoms with van der Waals surface area (Å²) in [5.74, 6) is -0.0387. The van der Waals surface area contributed by atoms with Gasteiger partial charge in [0.2, 0.25) is 5.91 Å². The van der Waals surface area contributed by atoms with Crippen LogP contribution in [-0.4, -0.2) is 23.2 Å². The van der Waals surface area contributed by atoms with Gasteiger partial charge < -0.3 is 10.3 Å². The predicted molar refractivity (Wildman–Crippen MR) is 70.7 cm³/mol. The summed E-state index contributed by atoms with van der Waals surface area (Å²) in [6.07, 6.45) is 0.651. The van der Waals surface area contributed by atoms with Gasteiger partial charge in [-0.05, 0) is 18.1 Å². The largest absolute Gasteiger partial charge is 0.356 e. The first-order valence-corrected chi connectivity index (χ1v) is 5.94. The Morgan fingerprint density at radius 3 is 2.61 bits per heavy atom. The fraction of sp³-hybridized carbons (Fsp3) is 0.286. The second-order valence-electron chi connectivity index (χ2n) is 4.31. The Morgan fingerprint density at radius 1 is 1.22 bits per heavy atom. The fourth-order valence-corrected chi connectivity index (χ4v) is 2.12. The summed E-state index contributed by atoms with van der Waals surface area (Å²) in [7, 11) is 0. The molecule has 0 saturated carbocycles. The Balaban J connectivity index is 2.36. The van der Waals surface area contributed by atoms with Gasteiger partial charge >= 0.3 is 0 Å². The number of aromatic amines is 1. The highest BCUT2D eigenvalue weighted by Crippen LogP contribution is 2.23. The molecule has 0 aliphatic carbocycles. The van der Waals surface area contributed by atoms with Gasteiger partial charge in [0.1, 0.15) is 0 Å². The Bertz CT molecular complexity index is 599. The van der Waals surface area contributed by atoms with Gasteiger partial charge in [0.05, 0.1) is 5.69 Å². The lowest BCUT2D eigenvalue weighted by Gasteiger charge is -2.03. The monoisotopic (exact) mass is 244 g/mol. The van der Waals surface area contributed by atoms with Crippen molar-refractivity contribution in [2.45, 2.75) is 20.3 Å². The van der Waals surface area contributed by atoms with Crippen LogP contribution in [0, 0.1) is 0 Å². The molecule has 0 bridgehead atoms. The number of para-hydroxylation sites is 1. The number of rotatable bonds is 4. The van der Waals surface area contributed by atoms with Crippen molar-refractivity contribution in [3.8, 4) is 0 Å². The fourth-order valence-electron chi connectivity index (χ4n) is 2.12. The number of fused-ring (bicyclic) bond motifs is 1. The van der Waals surface area contributed by atoms with Gasteiger partial charge in [-0.25, -0.2) is 0 Å². The smallest absolute Gasteiger partial charge is 0.216 e. The molecule has 4 nitrogen and oxygen atoms in total. The summed E-state index contributed by atoms with van der Waals surface area (Å²) in [6, 6.07) is 7.81. The van der Waals surface area contributed by atoms with Crippen molar-refractivity contribution >= 4 is 22.6 Å². The number of nitrogens with one attached hydrogen (secondary N) is 2. The van der Waals surface area contributed by atoms with E-state index in [0.717, 1.165) is 16.5 Å². The second kappa shape index (κ2) is 5.04. The van der Waals surface area contributed by atoms with E-state index in [4.69, 9.17) is 0 Å². The number of amides is 1. The molecule has 0 aliphatic rings. The number of carbonyl (C=O) groups is 2. The van der Waals surface area contributed by atoms with Crippen LogP contribution in [0.4, 0.5) is 0 Å². The highest BCUT2D eigenvalue weighted by Gasteiger charge is 2.13. The van der Waals surface area contributed by atoms with Gasteiger partial charge in [0.25, 0.3) is 0 Å². The zero-order valence-corrected chi connectivity index (χ0v) is 10.5. The number of benzene rings is 1. The standard InChI is InChI=1S/C14H16N2O2/c1-9(17)14-12(7-8-15-10(2)18)11-5-3-4-6-13(11)16-14/h3-6,16H,7-8H2,1-2H3,(H,15,18). The molecule has 2 aromatic rings. The van der Waals surface area contributed by atoms with E-state index >= 15 is 0 Å². The molecule has 1 amide bonds. The lowest BCUT2D eigenvalue weighted by atomic mass is 10.1. The zero-order valence-electron chi connectivity index (χ0n) is 10.5. The normalized spacial score (nSPS) is 10.6.